The minimum atomic E-state index is 0.133. The van der Waals surface area contributed by atoms with Crippen molar-refractivity contribution in [2.75, 3.05) is 0 Å². The van der Waals surface area contributed by atoms with Crippen molar-refractivity contribution in [1.82, 2.24) is 19.5 Å². The summed E-state index contributed by atoms with van der Waals surface area (Å²) >= 11 is 0. The molecule has 0 saturated carbocycles. The molecule has 0 aliphatic heterocycles. The Morgan fingerprint density at radius 3 is 1.62 bits per heavy atom. The van der Waals surface area contributed by atoms with Crippen LogP contribution >= 0.6 is 0 Å². The van der Waals surface area contributed by atoms with Crippen LogP contribution in [0.2, 0.25) is 0 Å². The first-order valence-corrected chi connectivity index (χ1v) is 19.1. The van der Waals surface area contributed by atoms with Gasteiger partial charge in [0.05, 0.1) is 11.0 Å². The van der Waals surface area contributed by atoms with Crippen LogP contribution in [0.25, 0.3) is 83.9 Å². The quantitative estimate of drug-likeness (QED) is 0.172. The first-order valence-electron chi connectivity index (χ1n) is 19.1. The van der Waals surface area contributed by atoms with Gasteiger partial charge in [0, 0.05) is 39.1 Å². The van der Waals surface area contributed by atoms with Crippen molar-refractivity contribution in [2.45, 2.75) is 5.92 Å². The van der Waals surface area contributed by atoms with Crippen molar-refractivity contribution < 1.29 is 0 Å². The number of rotatable bonds is 6. The van der Waals surface area contributed by atoms with Crippen molar-refractivity contribution in [3.63, 3.8) is 0 Å². The maximum atomic E-state index is 5.14. The number of fused-ring (bicyclic) bond motifs is 7. The summed E-state index contributed by atoms with van der Waals surface area (Å²) < 4.78 is 2.43. The molecule has 0 radical (unpaired) electrons. The predicted octanol–water partition coefficient (Wildman–Crippen LogP) is 12.8. The molecule has 56 heavy (non-hydrogen) atoms. The van der Waals surface area contributed by atoms with Crippen LogP contribution in [0.1, 0.15) is 22.6 Å². The van der Waals surface area contributed by atoms with Gasteiger partial charge in [-0.1, -0.05) is 170 Å². The van der Waals surface area contributed by atoms with E-state index in [1.54, 1.807) is 0 Å². The van der Waals surface area contributed by atoms with Crippen LogP contribution in [0.15, 0.2) is 200 Å². The van der Waals surface area contributed by atoms with Crippen molar-refractivity contribution in [2.24, 2.45) is 0 Å². The summed E-state index contributed by atoms with van der Waals surface area (Å²) in [7, 11) is 0. The molecule has 2 heterocycles. The number of hydrogen-bond acceptors (Lipinski definition) is 3. The van der Waals surface area contributed by atoms with Crippen LogP contribution in [0.3, 0.4) is 0 Å². The van der Waals surface area contributed by atoms with E-state index in [0.29, 0.717) is 17.5 Å². The third-order valence-corrected chi connectivity index (χ3v) is 11.1. The lowest BCUT2D eigenvalue weighted by molar-refractivity contribution is 1.03. The molecule has 0 amide bonds. The molecule has 0 saturated heterocycles. The molecule has 4 heteroatoms. The average Bonchev–Trinajstić information content (AvgIpc) is 3.80. The number of aromatic nitrogens is 4. The number of hydrogen-bond donors (Lipinski definition) is 0. The molecule has 0 fully saturated rings. The van der Waals surface area contributed by atoms with E-state index in [2.05, 4.69) is 168 Å². The Balaban J connectivity index is 1.16. The monoisotopic (exact) mass is 714 g/mol. The highest BCUT2D eigenvalue weighted by molar-refractivity contribution is 6.14. The zero-order valence-corrected chi connectivity index (χ0v) is 30.4. The molecule has 8 aromatic carbocycles. The van der Waals surface area contributed by atoms with Gasteiger partial charge in [-0.3, -0.25) is 0 Å². The van der Waals surface area contributed by atoms with E-state index >= 15 is 0 Å². The molecule has 1 aliphatic carbocycles. The molecule has 4 nitrogen and oxygen atoms in total. The Morgan fingerprint density at radius 2 is 0.929 bits per heavy atom. The number of benzene rings is 8. The molecule has 1 aliphatic rings. The highest BCUT2D eigenvalue weighted by Gasteiger charge is 2.33. The smallest absolute Gasteiger partial charge is 0.164 e. The molecule has 2 aromatic heterocycles. The molecule has 0 spiro atoms. The van der Waals surface area contributed by atoms with E-state index in [1.807, 2.05) is 36.4 Å². The lowest BCUT2D eigenvalue weighted by Gasteiger charge is -2.17. The minimum absolute atomic E-state index is 0.133. The first kappa shape index (κ1) is 32.0. The predicted molar refractivity (Wildman–Crippen MR) is 229 cm³/mol. The summed E-state index contributed by atoms with van der Waals surface area (Å²) in [4.78, 5) is 15.3. The second-order valence-corrected chi connectivity index (χ2v) is 14.3. The summed E-state index contributed by atoms with van der Waals surface area (Å²) in [6, 6.07) is 71.0. The zero-order chi connectivity index (χ0) is 37.0. The van der Waals surface area contributed by atoms with E-state index < -0.39 is 0 Å². The fourth-order valence-corrected chi connectivity index (χ4v) is 8.69. The number of nitrogens with zero attached hydrogens (tertiary/aromatic N) is 4. The van der Waals surface area contributed by atoms with Crippen LogP contribution in [0.5, 0.6) is 0 Å². The Morgan fingerprint density at radius 1 is 0.375 bits per heavy atom. The lowest BCUT2D eigenvalue weighted by atomic mass is 9.87. The highest BCUT2D eigenvalue weighted by Crippen LogP contribution is 2.52. The molecule has 10 aromatic rings. The largest absolute Gasteiger partial charge is 0.309 e. The van der Waals surface area contributed by atoms with Crippen molar-refractivity contribution in [1.29, 1.82) is 0 Å². The Hall–Kier alpha value is -7.43. The normalized spacial score (nSPS) is 13.2. The molecule has 262 valence electrons. The van der Waals surface area contributed by atoms with Gasteiger partial charge in [-0.2, -0.15) is 0 Å². The molecular weight excluding hydrogens is 681 g/mol. The van der Waals surface area contributed by atoms with Gasteiger partial charge < -0.3 is 4.57 Å². The lowest BCUT2D eigenvalue weighted by Crippen LogP contribution is -2.02. The van der Waals surface area contributed by atoms with Gasteiger partial charge >= 0.3 is 0 Å². The average molecular weight is 715 g/mol. The third kappa shape index (κ3) is 5.19. The van der Waals surface area contributed by atoms with Crippen LogP contribution in [-0.2, 0) is 0 Å². The van der Waals surface area contributed by atoms with Gasteiger partial charge in [0.1, 0.15) is 0 Å². The van der Waals surface area contributed by atoms with Crippen molar-refractivity contribution >= 4 is 21.8 Å². The maximum absolute atomic E-state index is 5.14. The number of para-hydroxylation sites is 1. The standard InChI is InChI=1S/C52H34N4/c1-5-17-34(18-6-1)44-33-38(29-30-42(44)52-54-50(36-21-9-3-10-22-36)53-51(55-52)37-23-11-4-12-24-37)56-45-28-16-15-27-43(45)48-46(56)32-31-41-39-25-13-14-26-40(39)47(49(41)48)35-19-7-2-8-20-35/h1-33,47H. The van der Waals surface area contributed by atoms with Crippen molar-refractivity contribution in [3.05, 3.63) is 217 Å². The van der Waals surface area contributed by atoms with Crippen LogP contribution in [-0.4, -0.2) is 19.5 Å². The van der Waals surface area contributed by atoms with Gasteiger partial charge in [-0.25, -0.2) is 15.0 Å². The Labute approximate surface area is 325 Å². The summed E-state index contributed by atoms with van der Waals surface area (Å²) in [6.45, 7) is 0. The fourth-order valence-electron chi connectivity index (χ4n) is 8.69. The van der Waals surface area contributed by atoms with Crippen molar-refractivity contribution in [3.8, 4) is 62.1 Å². The Bertz CT molecular complexity index is 3000. The van der Waals surface area contributed by atoms with Crippen LogP contribution < -0.4 is 0 Å². The first-order chi connectivity index (χ1) is 27.8. The molecule has 11 rings (SSSR count). The van der Waals surface area contributed by atoms with Gasteiger partial charge in [0.15, 0.2) is 17.5 Å². The van der Waals surface area contributed by atoms with E-state index in [0.717, 1.165) is 33.5 Å². The topological polar surface area (TPSA) is 43.6 Å². The summed E-state index contributed by atoms with van der Waals surface area (Å²) in [5.41, 5.74) is 15.1. The molecule has 0 N–H and O–H groups in total. The van der Waals surface area contributed by atoms with E-state index in [9.17, 15) is 0 Å². The summed E-state index contributed by atoms with van der Waals surface area (Å²) in [6.07, 6.45) is 0. The van der Waals surface area contributed by atoms with Gasteiger partial charge in [0.2, 0.25) is 0 Å². The second kappa shape index (κ2) is 13.2. The SMILES string of the molecule is c1ccc(-c2nc(-c3ccccc3)nc(-c3ccc(-n4c5ccccc5c5c6c(ccc54)-c4ccccc4C6c4ccccc4)cc3-c3ccccc3)n2)cc1. The third-order valence-electron chi connectivity index (χ3n) is 11.1. The fraction of sp³-hybridized carbons (Fsp3) is 0.0192. The molecular formula is C52H34N4. The zero-order valence-electron chi connectivity index (χ0n) is 30.4. The minimum Gasteiger partial charge on any atom is -0.309 e. The Kier molecular flexibility index (Phi) is 7.52. The highest BCUT2D eigenvalue weighted by atomic mass is 15.0. The summed E-state index contributed by atoms with van der Waals surface area (Å²) in [5, 5.41) is 2.54. The van der Waals surface area contributed by atoms with Gasteiger partial charge in [0.25, 0.3) is 0 Å². The second-order valence-electron chi connectivity index (χ2n) is 14.3. The maximum Gasteiger partial charge on any atom is 0.164 e. The van der Waals surface area contributed by atoms with Gasteiger partial charge in [-0.15, -0.1) is 0 Å². The molecule has 1 unspecified atom stereocenters. The van der Waals surface area contributed by atoms with Crippen LogP contribution in [0.4, 0.5) is 0 Å². The van der Waals surface area contributed by atoms with E-state index in [1.165, 1.54) is 49.6 Å². The molecule has 0 bridgehead atoms. The van der Waals surface area contributed by atoms with Crippen LogP contribution in [0, 0.1) is 0 Å². The summed E-state index contributed by atoms with van der Waals surface area (Å²) in [5.74, 6) is 2.05. The van der Waals surface area contributed by atoms with E-state index in [-0.39, 0.29) is 5.92 Å². The van der Waals surface area contributed by atoms with Gasteiger partial charge in [-0.05, 0) is 69.3 Å². The van der Waals surface area contributed by atoms with E-state index in [4.69, 9.17) is 15.0 Å². The molecule has 1 atom stereocenters.